The molecule has 3 aromatic rings. The molecule has 2 fully saturated rings. The van der Waals surface area contributed by atoms with Gasteiger partial charge >= 0.3 is 6.03 Å². The lowest BCUT2D eigenvalue weighted by Gasteiger charge is -2.42. The van der Waals surface area contributed by atoms with Crippen molar-refractivity contribution in [3.8, 4) is 6.07 Å². The lowest BCUT2D eigenvalue weighted by atomic mass is 9.90. The largest absolute Gasteiger partial charge is 0.354 e. The number of amides is 2. The molecular formula is C28H35ClN8O2. The predicted molar refractivity (Wildman–Crippen MR) is 153 cm³/mol. The molecule has 39 heavy (non-hydrogen) atoms. The van der Waals surface area contributed by atoms with Crippen molar-refractivity contribution in [2.24, 2.45) is 5.92 Å². The Kier molecular flexibility index (Phi) is 9.04. The highest BCUT2D eigenvalue weighted by molar-refractivity contribution is 5.99. The van der Waals surface area contributed by atoms with E-state index in [0.29, 0.717) is 36.4 Å². The van der Waals surface area contributed by atoms with E-state index in [1.54, 1.807) is 11.1 Å². The minimum Gasteiger partial charge on any atom is -0.354 e. The van der Waals surface area contributed by atoms with E-state index >= 15 is 0 Å². The molecule has 0 saturated carbocycles. The molecule has 2 amide bonds. The molecule has 2 aliphatic heterocycles. The average molecular weight is 551 g/mol. The van der Waals surface area contributed by atoms with Gasteiger partial charge in [0.15, 0.2) is 5.65 Å². The van der Waals surface area contributed by atoms with Crippen molar-refractivity contribution >= 4 is 46.9 Å². The first-order valence-electron chi connectivity index (χ1n) is 13.3. The molecule has 2 N–H and O–H groups in total. The second-order valence-corrected chi connectivity index (χ2v) is 10.3. The van der Waals surface area contributed by atoms with Crippen molar-refractivity contribution in [1.29, 1.82) is 5.26 Å². The van der Waals surface area contributed by atoms with Gasteiger partial charge in [-0.25, -0.2) is 14.8 Å². The maximum absolute atomic E-state index is 13.2. The number of nitrogens with zero attached hydrogens (tertiary/aromatic N) is 6. The van der Waals surface area contributed by atoms with Crippen molar-refractivity contribution in [3.63, 3.8) is 0 Å². The first-order valence-corrected chi connectivity index (χ1v) is 13.3. The monoisotopic (exact) mass is 550 g/mol. The van der Waals surface area contributed by atoms with Crippen LogP contribution in [-0.2, 0) is 4.79 Å². The molecule has 5 rings (SSSR count). The van der Waals surface area contributed by atoms with Gasteiger partial charge in [-0.3, -0.25) is 9.36 Å². The maximum atomic E-state index is 13.2. The van der Waals surface area contributed by atoms with Gasteiger partial charge in [-0.15, -0.1) is 12.4 Å². The number of hydrogen-bond acceptors (Lipinski definition) is 7. The van der Waals surface area contributed by atoms with Gasteiger partial charge in [0.25, 0.3) is 0 Å². The van der Waals surface area contributed by atoms with Gasteiger partial charge in [0, 0.05) is 32.0 Å². The van der Waals surface area contributed by atoms with Gasteiger partial charge in [0.1, 0.15) is 18.6 Å². The van der Waals surface area contributed by atoms with Crippen molar-refractivity contribution in [2.75, 3.05) is 43.4 Å². The number of rotatable bonds is 5. The highest BCUT2D eigenvalue weighted by Gasteiger charge is 2.33. The fourth-order valence-corrected chi connectivity index (χ4v) is 5.68. The third-order valence-electron chi connectivity index (χ3n) is 7.98. The van der Waals surface area contributed by atoms with Crippen molar-refractivity contribution in [2.45, 2.75) is 44.6 Å². The zero-order valence-corrected chi connectivity index (χ0v) is 23.2. The number of likely N-dealkylation sites (N-methyl/N-ethyl adjacent to an activating group) is 1. The van der Waals surface area contributed by atoms with Gasteiger partial charge in [-0.1, -0.05) is 19.1 Å². The number of likely N-dealkylation sites (tertiary alicyclic amines) is 1. The molecule has 0 unspecified atom stereocenters. The topological polar surface area (TPSA) is 119 Å². The number of benzene rings is 1. The van der Waals surface area contributed by atoms with Crippen LogP contribution in [0, 0.1) is 17.2 Å². The molecule has 0 bridgehead atoms. The van der Waals surface area contributed by atoms with Gasteiger partial charge in [-0.2, -0.15) is 5.26 Å². The Morgan fingerprint density at radius 3 is 2.62 bits per heavy atom. The normalized spacial score (nSPS) is 19.7. The Balaban J connectivity index is 0.00000353. The zero-order chi connectivity index (χ0) is 26.6. The van der Waals surface area contributed by atoms with E-state index in [4.69, 9.17) is 5.26 Å². The number of halogens is 1. The highest BCUT2D eigenvalue weighted by Crippen LogP contribution is 2.30. The van der Waals surface area contributed by atoms with Crippen LogP contribution in [0.2, 0.25) is 0 Å². The Bertz CT molecular complexity index is 1350. The minimum absolute atomic E-state index is 0. The number of nitriles is 1. The molecule has 1 aromatic carbocycles. The molecule has 0 aliphatic carbocycles. The zero-order valence-electron chi connectivity index (χ0n) is 22.3. The van der Waals surface area contributed by atoms with Crippen LogP contribution in [-0.4, -0.2) is 70.6 Å². The summed E-state index contributed by atoms with van der Waals surface area (Å²) in [5, 5.41) is 16.1. The number of nitrogens with one attached hydrogen (secondary N) is 2. The summed E-state index contributed by atoms with van der Waals surface area (Å²) in [6.07, 6.45) is 6.18. The molecule has 2 aromatic heterocycles. The first-order chi connectivity index (χ1) is 18.5. The lowest BCUT2D eigenvalue weighted by Crippen LogP contribution is -2.52. The number of aromatic nitrogens is 3. The molecule has 2 saturated heterocycles. The quantitative estimate of drug-likeness (QED) is 0.493. The fourth-order valence-electron chi connectivity index (χ4n) is 5.68. The van der Waals surface area contributed by atoms with Crippen LogP contribution < -0.4 is 15.5 Å². The standard InChI is InChI=1S/C28H34N8O2.ClH/c1-19-10-15-35(25(37)7-12-29)17-24(19)34(2)26-23-11-16-36(27(23)32-18-31-26)28(38)33-22-5-3-20(4-6-22)21-8-13-30-14-9-21;/h3-6,11,16,18-19,21,24,30H,7-10,13-15,17H2,1-2H3,(H,33,38);1H/t19-,24+;/m1./s1. The van der Waals surface area contributed by atoms with Crippen LogP contribution in [0.1, 0.15) is 44.1 Å². The molecule has 10 nitrogen and oxygen atoms in total. The minimum atomic E-state index is -0.291. The Morgan fingerprint density at radius 2 is 1.90 bits per heavy atom. The molecular weight excluding hydrogens is 516 g/mol. The lowest BCUT2D eigenvalue weighted by molar-refractivity contribution is -0.131. The smallest absolute Gasteiger partial charge is 0.331 e. The van der Waals surface area contributed by atoms with Crippen molar-refractivity contribution < 1.29 is 9.59 Å². The third-order valence-corrected chi connectivity index (χ3v) is 7.98. The van der Waals surface area contributed by atoms with E-state index in [2.05, 4.69) is 44.6 Å². The van der Waals surface area contributed by atoms with Crippen LogP contribution in [0.15, 0.2) is 42.9 Å². The molecule has 0 radical (unpaired) electrons. The van der Waals surface area contributed by atoms with Crippen molar-refractivity contribution in [3.05, 3.63) is 48.4 Å². The van der Waals surface area contributed by atoms with Crippen LogP contribution in [0.25, 0.3) is 11.0 Å². The molecule has 11 heteroatoms. The molecule has 4 heterocycles. The maximum Gasteiger partial charge on any atom is 0.331 e. The van der Waals surface area contributed by atoms with E-state index in [9.17, 15) is 9.59 Å². The Labute approximate surface area is 234 Å². The van der Waals surface area contributed by atoms with E-state index in [0.717, 1.165) is 43.4 Å². The van der Waals surface area contributed by atoms with Gasteiger partial charge < -0.3 is 20.4 Å². The van der Waals surface area contributed by atoms with Gasteiger partial charge in [0.05, 0.1) is 17.5 Å². The number of carbonyl (C=O) groups excluding carboxylic acids is 2. The summed E-state index contributed by atoms with van der Waals surface area (Å²) < 4.78 is 1.50. The van der Waals surface area contributed by atoms with Crippen LogP contribution >= 0.6 is 12.4 Å². The number of piperidine rings is 2. The SMILES string of the molecule is C[C@@H]1CCN(C(=O)CC#N)C[C@@H]1N(C)c1ncnc2c1ccn2C(=O)Nc1ccc(C2CCNCC2)cc1.Cl. The second-order valence-electron chi connectivity index (χ2n) is 10.3. The average Bonchev–Trinajstić information content (AvgIpc) is 3.39. The molecule has 2 aliphatic rings. The number of fused-ring (bicyclic) bond motifs is 1. The van der Waals surface area contributed by atoms with Gasteiger partial charge in [0.2, 0.25) is 5.91 Å². The van der Waals surface area contributed by atoms with E-state index in [-0.39, 0.29) is 36.8 Å². The summed E-state index contributed by atoms with van der Waals surface area (Å²) in [7, 11) is 1.96. The summed E-state index contributed by atoms with van der Waals surface area (Å²) >= 11 is 0. The number of anilines is 2. The third kappa shape index (κ3) is 6.00. The van der Waals surface area contributed by atoms with Crippen LogP contribution in [0.4, 0.5) is 16.3 Å². The van der Waals surface area contributed by atoms with Crippen LogP contribution in [0.3, 0.4) is 0 Å². The van der Waals surface area contributed by atoms with Crippen molar-refractivity contribution in [1.82, 2.24) is 24.8 Å². The highest BCUT2D eigenvalue weighted by atomic mass is 35.5. The summed E-state index contributed by atoms with van der Waals surface area (Å²) in [4.78, 5) is 38.3. The van der Waals surface area contributed by atoms with E-state index in [1.165, 1.54) is 16.5 Å². The van der Waals surface area contributed by atoms with E-state index < -0.39 is 0 Å². The van der Waals surface area contributed by atoms with Crippen LogP contribution in [0.5, 0.6) is 0 Å². The number of hydrogen-bond donors (Lipinski definition) is 2. The van der Waals surface area contributed by atoms with Gasteiger partial charge in [-0.05, 0) is 68.0 Å². The molecule has 0 spiro atoms. The summed E-state index contributed by atoms with van der Waals surface area (Å²) in [5.41, 5.74) is 2.56. The molecule has 2 atom stereocenters. The number of carbonyl (C=O) groups is 2. The Hall–Kier alpha value is -3.68. The molecule has 206 valence electrons. The summed E-state index contributed by atoms with van der Waals surface area (Å²) in [6, 6.07) is 11.7. The first kappa shape index (κ1) is 28.3. The van der Waals surface area contributed by atoms with E-state index in [1.807, 2.05) is 31.3 Å². The second kappa shape index (κ2) is 12.5. The Morgan fingerprint density at radius 1 is 1.15 bits per heavy atom. The summed E-state index contributed by atoms with van der Waals surface area (Å²) in [5.74, 6) is 1.45. The predicted octanol–water partition coefficient (Wildman–Crippen LogP) is 3.99. The fraction of sp³-hybridized carbons (Fsp3) is 0.464. The summed E-state index contributed by atoms with van der Waals surface area (Å²) in [6.45, 7) is 5.43.